The molecule has 1 amide bonds. The maximum absolute atomic E-state index is 12.8. The minimum atomic E-state index is -2.78. The van der Waals surface area contributed by atoms with E-state index in [1.165, 1.54) is 19.3 Å². The second-order valence-electron chi connectivity index (χ2n) is 5.23. The molecule has 0 radical (unpaired) electrons. The Kier molecular flexibility index (Phi) is 4.91. The summed E-state index contributed by atoms with van der Waals surface area (Å²) in [4.78, 5) is 15.6. The Hall–Kier alpha value is -1.24. The Morgan fingerprint density at radius 3 is 2.65 bits per heavy atom. The highest BCUT2D eigenvalue weighted by molar-refractivity contribution is 7.17. The molecule has 1 aromatic heterocycles. The van der Waals surface area contributed by atoms with E-state index in [0.29, 0.717) is 5.92 Å². The molecule has 0 bridgehead atoms. The fourth-order valence-electron chi connectivity index (χ4n) is 2.68. The van der Waals surface area contributed by atoms with Gasteiger partial charge in [-0.25, -0.2) is 13.8 Å². The summed E-state index contributed by atoms with van der Waals surface area (Å²) in [6, 6.07) is -0.0170. The Labute approximate surface area is 120 Å². The van der Waals surface area contributed by atoms with Gasteiger partial charge in [-0.15, -0.1) is 0 Å². The van der Waals surface area contributed by atoms with E-state index in [2.05, 4.69) is 10.3 Å². The van der Waals surface area contributed by atoms with Gasteiger partial charge in [-0.1, -0.05) is 30.6 Å². The van der Waals surface area contributed by atoms with Crippen LogP contribution in [0, 0.1) is 5.92 Å². The Bertz CT molecular complexity index is 472. The van der Waals surface area contributed by atoms with E-state index in [0.717, 1.165) is 24.2 Å². The number of nitrogens with zero attached hydrogens (tertiary/aromatic N) is 1. The van der Waals surface area contributed by atoms with Crippen LogP contribution < -0.4 is 11.1 Å². The SMILES string of the molecule is C[C@H](NC(=O)c1sc(N)nc1C(F)F)C1CCCCC1. The third-order valence-electron chi connectivity index (χ3n) is 3.80. The first-order chi connectivity index (χ1) is 9.49. The zero-order chi connectivity index (χ0) is 14.7. The molecule has 1 atom stereocenters. The first kappa shape index (κ1) is 15.2. The maximum Gasteiger partial charge on any atom is 0.282 e. The lowest BCUT2D eigenvalue weighted by Gasteiger charge is -2.28. The first-order valence-electron chi connectivity index (χ1n) is 6.84. The molecule has 1 aromatic rings. The van der Waals surface area contributed by atoms with Crippen molar-refractivity contribution in [1.82, 2.24) is 10.3 Å². The third kappa shape index (κ3) is 3.45. The van der Waals surface area contributed by atoms with Crippen LogP contribution in [0.3, 0.4) is 0 Å². The molecule has 1 aliphatic rings. The van der Waals surface area contributed by atoms with E-state index in [1.54, 1.807) is 0 Å². The number of amides is 1. The number of alkyl halides is 2. The number of aromatic nitrogens is 1. The number of thiazole rings is 1. The number of nitrogens with two attached hydrogens (primary N) is 1. The van der Waals surface area contributed by atoms with Gasteiger partial charge in [0.1, 0.15) is 10.6 Å². The molecular formula is C13H19F2N3OS. The fraction of sp³-hybridized carbons (Fsp3) is 0.692. The summed E-state index contributed by atoms with van der Waals surface area (Å²) in [5, 5.41) is 2.81. The molecule has 1 saturated carbocycles. The van der Waals surface area contributed by atoms with Crippen LogP contribution in [0.25, 0.3) is 0 Å². The van der Waals surface area contributed by atoms with Crippen LogP contribution in [0.2, 0.25) is 0 Å². The monoisotopic (exact) mass is 303 g/mol. The second-order valence-corrected chi connectivity index (χ2v) is 6.26. The van der Waals surface area contributed by atoms with Crippen LogP contribution in [0.4, 0.5) is 13.9 Å². The Morgan fingerprint density at radius 2 is 2.05 bits per heavy atom. The van der Waals surface area contributed by atoms with Crippen molar-refractivity contribution in [2.75, 3.05) is 5.73 Å². The number of hydrogen-bond acceptors (Lipinski definition) is 4. The molecule has 7 heteroatoms. The standard InChI is InChI=1S/C13H19F2N3OS/c1-7(8-5-3-2-4-6-8)17-12(19)10-9(11(14)15)18-13(16)20-10/h7-8,11H,2-6H2,1H3,(H2,16,18)(H,17,19)/t7-/m0/s1. The molecule has 1 heterocycles. The fourth-order valence-corrected chi connectivity index (χ4v) is 3.43. The van der Waals surface area contributed by atoms with Gasteiger partial charge in [0.15, 0.2) is 5.13 Å². The van der Waals surface area contributed by atoms with Crippen LogP contribution in [-0.2, 0) is 0 Å². The number of nitrogens with one attached hydrogen (secondary N) is 1. The number of anilines is 1. The quantitative estimate of drug-likeness (QED) is 0.896. The van der Waals surface area contributed by atoms with Crippen molar-refractivity contribution >= 4 is 22.4 Å². The topological polar surface area (TPSA) is 68.0 Å². The van der Waals surface area contributed by atoms with Gasteiger partial charge in [-0.3, -0.25) is 4.79 Å². The molecule has 112 valence electrons. The number of carbonyl (C=O) groups is 1. The van der Waals surface area contributed by atoms with Gasteiger partial charge in [0.2, 0.25) is 0 Å². The predicted octanol–water partition coefficient (Wildman–Crippen LogP) is 3.36. The molecule has 1 fully saturated rings. The number of rotatable bonds is 4. The summed E-state index contributed by atoms with van der Waals surface area (Å²) >= 11 is 0.814. The Balaban J connectivity index is 2.04. The minimum Gasteiger partial charge on any atom is -0.375 e. The first-order valence-corrected chi connectivity index (χ1v) is 7.66. The van der Waals surface area contributed by atoms with Crippen molar-refractivity contribution in [3.63, 3.8) is 0 Å². The van der Waals surface area contributed by atoms with Crippen molar-refractivity contribution in [3.8, 4) is 0 Å². The summed E-state index contributed by atoms with van der Waals surface area (Å²) in [5.41, 5.74) is 4.91. The molecule has 0 unspecified atom stereocenters. The van der Waals surface area contributed by atoms with Crippen LogP contribution in [0.1, 0.15) is 60.8 Å². The number of hydrogen-bond donors (Lipinski definition) is 2. The predicted molar refractivity (Wildman–Crippen MR) is 75.0 cm³/mol. The average Bonchev–Trinajstić information content (AvgIpc) is 2.82. The van der Waals surface area contributed by atoms with Crippen molar-refractivity contribution in [2.24, 2.45) is 5.92 Å². The molecular weight excluding hydrogens is 284 g/mol. The van der Waals surface area contributed by atoms with E-state index in [9.17, 15) is 13.6 Å². The van der Waals surface area contributed by atoms with Gasteiger partial charge in [0.25, 0.3) is 12.3 Å². The molecule has 3 N–H and O–H groups in total. The summed E-state index contributed by atoms with van der Waals surface area (Å²) in [5.74, 6) is -0.0689. The van der Waals surface area contributed by atoms with E-state index in [1.807, 2.05) is 6.92 Å². The molecule has 0 aliphatic heterocycles. The number of carbonyl (C=O) groups excluding carboxylic acids is 1. The summed E-state index contributed by atoms with van der Waals surface area (Å²) in [6.45, 7) is 1.93. The van der Waals surface area contributed by atoms with Gasteiger partial charge >= 0.3 is 0 Å². The van der Waals surface area contributed by atoms with Gasteiger partial charge in [0, 0.05) is 6.04 Å². The van der Waals surface area contributed by atoms with Gasteiger partial charge < -0.3 is 11.1 Å². The zero-order valence-corrected chi connectivity index (χ0v) is 12.2. The van der Waals surface area contributed by atoms with Crippen molar-refractivity contribution < 1.29 is 13.6 Å². The highest BCUT2D eigenvalue weighted by atomic mass is 32.1. The van der Waals surface area contributed by atoms with Crippen LogP contribution in [-0.4, -0.2) is 16.9 Å². The van der Waals surface area contributed by atoms with Crippen LogP contribution in [0.15, 0.2) is 0 Å². The highest BCUT2D eigenvalue weighted by Crippen LogP contribution is 2.30. The molecule has 4 nitrogen and oxygen atoms in total. The minimum absolute atomic E-state index is 0.00392. The normalized spacial score (nSPS) is 18.2. The number of nitrogen functional groups attached to an aromatic ring is 1. The highest BCUT2D eigenvalue weighted by Gasteiger charge is 2.27. The molecule has 0 aromatic carbocycles. The number of halogens is 2. The van der Waals surface area contributed by atoms with Crippen LogP contribution >= 0.6 is 11.3 Å². The molecule has 2 rings (SSSR count). The maximum atomic E-state index is 12.8. The lowest BCUT2D eigenvalue weighted by molar-refractivity contribution is 0.0909. The smallest absolute Gasteiger partial charge is 0.282 e. The molecule has 0 spiro atoms. The summed E-state index contributed by atoms with van der Waals surface area (Å²) < 4.78 is 25.6. The van der Waals surface area contributed by atoms with E-state index >= 15 is 0 Å². The van der Waals surface area contributed by atoms with E-state index < -0.39 is 18.0 Å². The second kappa shape index (κ2) is 6.47. The van der Waals surface area contributed by atoms with Gasteiger partial charge in [0.05, 0.1) is 0 Å². The summed E-state index contributed by atoms with van der Waals surface area (Å²) in [6.07, 6.45) is 2.94. The van der Waals surface area contributed by atoms with Gasteiger partial charge in [-0.2, -0.15) is 0 Å². The summed E-state index contributed by atoms with van der Waals surface area (Å²) in [7, 11) is 0. The van der Waals surface area contributed by atoms with Crippen molar-refractivity contribution in [2.45, 2.75) is 51.5 Å². The zero-order valence-electron chi connectivity index (χ0n) is 11.4. The third-order valence-corrected chi connectivity index (χ3v) is 4.70. The van der Waals surface area contributed by atoms with E-state index in [4.69, 9.17) is 5.73 Å². The van der Waals surface area contributed by atoms with Crippen molar-refractivity contribution in [1.29, 1.82) is 0 Å². The Morgan fingerprint density at radius 1 is 1.40 bits per heavy atom. The lowest BCUT2D eigenvalue weighted by atomic mass is 9.84. The van der Waals surface area contributed by atoms with Crippen molar-refractivity contribution in [3.05, 3.63) is 10.6 Å². The van der Waals surface area contributed by atoms with Crippen LogP contribution in [0.5, 0.6) is 0 Å². The lowest BCUT2D eigenvalue weighted by Crippen LogP contribution is -2.38. The van der Waals surface area contributed by atoms with E-state index in [-0.39, 0.29) is 16.1 Å². The van der Waals surface area contributed by atoms with Gasteiger partial charge in [-0.05, 0) is 25.7 Å². The average molecular weight is 303 g/mol. The largest absolute Gasteiger partial charge is 0.375 e. The molecule has 0 saturated heterocycles. The molecule has 1 aliphatic carbocycles. The molecule has 20 heavy (non-hydrogen) atoms.